The summed E-state index contributed by atoms with van der Waals surface area (Å²) in [5, 5.41) is 42.9. The van der Waals surface area contributed by atoms with Gasteiger partial charge in [0.1, 0.15) is 12.2 Å². The van der Waals surface area contributed by atoms with Crippen LogP contribution < -0.4 is 0 Å². The van der Waals surface area contributed by atoms with Gasteiger partial charge in [-0.05, 0) is 25.3 Å². The van der Waals surface area contributed by atoms with Crippen molar-refractivity contribution in [3.8, 4) is 0 Å². The maximum atomic E-state index is 12.9. The van der Waals surface area contributed by atoms with Crippen molar-refractivity contribution < 1.29 is 44.2 Å². The fraction of sp³-hybridized carbons (Fsp3) is 0.808. The second kappa shape index (κ2) is 12.8. The number of ether oxygens (including phenoxy) is 4. The fourth-order valence-corrected chi connectivity index (χ4v) is 4.77. The van der Waals surface area contributed by atoms with Crippen molar-refractivity contribution in [2.24, 2.45) is 11.3 Å². The van der Waals surface area contributed by atoms with Gasteiger partial charge in [-0.25, -0.2) is 4.79 Å². The maximum Gasteiger partial charge on any atom is 0.338 e. The van der Waals surface area contributed by atoms with Crippen molar-refractivity contribution >= 4 is 5.97 Å². The van der Waals surface area contributed by atoms with Crippen molar-refractivity contribution in [3.63, 3.8) is 0 Å². The minimum atomic E-state index is -1.93. The Bertz CT molecular complexity index is 745. The predicted molar refractivity (Wildman–Crippen MR) is 129 cm³/mol. The molecule has 1 fully saturated rings. The number of carbonyl (C=O) groups excluding carboxylic acids is 1. The van der Waals surface area contributed by atoms with Gasteiger partial charge in [0.2, 0.25) is 0 Å². The molecule has 2 aliphatic heterocycles. The van der Waals surface area contributed by atoms with E-state index in [4.69, 9.17) is 18.9 Å². The molecule has 4 N–H and O–H groups in total. The topological polar surface area (TPSA) is 135 Å². The second-order valence-corrected chi connectivity index (χ2v) is 10.3. The number of aliphatic hydroxyl groups excluding tert-OH is 3. The predicted octanol–water partition coefficient (Wildman–Crippen LogP) is 1.86. The summed E-state index contributed by atoms with van der Waals surface area (Å²) in [7, 11) is 2.84. The molecule has 2 rings (SSSR count). The van der Waals surface area contributed by atoms with Crippen LogP contribution in [-0.4, -0.2) is 89.6 Å². The summed E-state index contributed by atoms with van der Waals surface area (Å²) in [6.07, 6.45) is 1.52. The number of aliphatic hydroxyl groups is 4. The van der Waals surface area contributed by atoms with Crippen LogP contribution in [-0.2, 0) is 23.7 Å². The third kappa shape index (κ3) is 6.91. The molecule has 2 aliphatic rings. The molecule has 1 saturated heterocycles. The van der Waals surface area contributed by atoms with Gasteiger partial charge in [0.15, 0.2) is 11.9 Å². The van der Waals surface area contributed by atoms with Crippen LogP contribution in [0.25, 0.3) is 0 Å². The molecule has 0 spiro atoms. The first kappa shape index (κ1) is 29.9. The van der Waals surface area contributed by atoms with E-state index in [1.807, 2.05) is 32.1 Å². The van der Waals surface area contributed by atoms with Gasteiger partial charge < -0.3 is 39.4 Å². The monoisotopic (exact) mass is 500 g/mol. The minimum absolute atomic E-state index is 0.0162. The van der Waals surface area contributed by atoms with E-state index >= 15 is 0 Å². The van der Waals surface area contributed by atoms with Crippen LogP contribution in [0.1, 0.15) is 59.8 Å². The Labute approximate surface area is 208 Å². The Morgan fingerprint density at radius 3 is 2.40 bits per heavy atom. The van der Waals surface area contributed by atoms with Gasteiger partial charge in [0.25, 0.3) is 0 Å². The lowest BCUT2D eigenvalue weighted by atomic mass is 9.73. The van der Waals surface area contributed by atoms with Crippen LogP contribution in [0.5, 0.6) is 0 Å². The first-order chi connectivity index (χ1) is 16.4. The van der Waals surface area contributed by atoms with Gasteiger partial charge in [0.05, 0.1) is 18.3 Å². The van der Waals surface area contributed by atoms with E-state index in [-0.39, 0.29) is 25.4 Å². The SMILES string of the molecule is CC[C@H](/C=C(\C)C1C/C=C/CC(C)(C)[C@]2(O)O[C@@H](CC(OC)[C@H](O)C(=O)O1)C[C@H](OC)[C@@H]2O)CO. The van der Waals surface area contributed by atoms with E-state index in [1.165, 1.54) is 14.2 Å². The van der Waals surface area contributed by atoms with E-state index in [9.17, 15) is 25.2 Å². The number of hydrogen-bond donors (Lipinski definition) is 4. The molecule has 0 aromatic rings. The number of allylic oxidation sites excluding steroid dienone is 1. The zero-order valence-electron chi connectivity index (χ0n) is 21.8. The van der Waals surface area contributed by atoms with Crippen LogP contribution >= 0.6 is 0 Å². The molecule has 0 amide bonds. The molecule has 35 heavy (non-hydrogen) atoms. The quantitative estimate of drug-likeness (QED) is 0.318. The first-order valence-corrected chi connectivity index (χ1v) is 12.4. The zero-order chi connectivity index (χ0) is 26.4. The molecule has 9 heteroatoms. The molecule has 2 heterocycles. The largest absolute Gasteiger partial charge is 0.456 e. The molecule has 0 aromatic carbocycles. The minimum Gasteiger partial charge on any atom is -0.456 e. The highest BCUT2D eigenvalue weighted by atomic mass is 16.7. The molecule has 0 aromatic heterocycles. The number of hydrogen-bond acceptors (Lipinski definition) is 9. The lowest BCUT2D eigenvalue weighted by Crippen LogP contribution is -2.65. The van der Waals surface area contributed by atoms with Crippen molar-refractivity contribution in [1.82, 2.24) is 0 Å². The summed E-state index contributed by atoms with van der Waals surface area (Å²) < 4.78 is 22.6. The molecule has 2 unspecified atom stereocenters. The van der Waals surface area contributed by atoms with Crippen molar-refractivity contribution in [2.75, 3.05) is 20.8 Å². The number of rotatable bonds is 6. The van der Waals surface area contributed by atoms with Crippen LogP contribution in [0.3, 0.4) is 0 Å². The van der Waals surface area contributed by atoms with Gasteiger partial charge in [-0.2, -0.15) is 0 Å². The molecule has 8 atom stereocenters. The number of esters is 1. The highest BCUT2D eigenvalue weighted by Gasteiger charge is 2.57. The Morgan fingerprint density at radius 2 is 1.83 bits per heavy atom. The molecule has 202 valence electrons. The van der Waals surface area contributed by atoms with Gasteiger partial charge in [-0.1, -0.05) is 39.0 Å². The average molecular weight is 501 g/mol. The van der Waals surface area contributed by atoms with E-state index in [0.29, 0.717) is 12.8 Å². The Balaban J connectivity index is 2.45. The van der Waals surface area contributed by atoms with Crippen molar-refractivity contribution in [2.45, 2.75) is 102 Å². The highest BCUT2D eigenvalue weighted by Crippen LogP contribution is 2.45. The molecular formula is C26H44O9. The van der Waals surface area contributed by atoms with Gasteiger partial charge in [-0.15, -0.1) is 0 Å². The Kier molecular flexibility index (Phi) is 10.9. The third-order valence-electron chi connectivity index (χ3n) is 7.43. The second-order valence-electron chi connectivity index (χ2n) is 10.3. The first-order valence-electron chi connectivity index (χ1n) is 12.4. The summed E-state index contributed by atoms with van der Waals surface area (Å²) in [6.45, 7) is 7.39. The third-order valence-corrected chi connectivity index (χ3v) is 7.43. The Morgan fingerprint density at radius 1 is 1.20 bits per heavy atom. The number of cyclic esters (lactones) is 1. The average Bonchev–Trinajstić information content (AvgIpc) is 2.83. The lowest BCUT2D eigenvalue weighted by Gasteiger charge is -2.52. The molecule has 9 nitrogen and oxygen atoms in total. The van der Waals surface area contributed by atoms with Crippen LogP contribution in [0.2, 0.25) is 0 Å². The number of methoxy groups -OCH3 is 2. The van der Waals surface area contributed by atoms with Crippen molar-refractivity contribution in [1.29, 1.82) is 0 Å². The van der Waals surface area contributed by atoms with E-state index in [0.717, 1.165) is 12.0 Å². The van der Waals surface area contributed by atoms with Crippen LogP contribution in [0, 0.1) is 11.3 Å². The number of fused-ring (bicyclic) bond motifs is 2. The summed E-state index contributed by atoms with van der Waals surface area (Å²) in [5.41, 5.74) is -0.126. The number of carbonyl (C=O) groups is 1. The summed E-state index contributed by atoms with van der Waals surface area (Å²) in [4.78, 5) is 12.9. The molecule has 0 saturated carbocycles. The summed E-state index contributed by atoms with van der Waals surface area (Å²) >= 11 is 0. The van der Waals surface area contributed by atoms with Gasteiger partial charge in [-0.3, -0.25) is 0 Å². The Hall–Kier alpha value is -1.33. The van der Waals surface area contributed by atoms with E-state index in [1.54, 1.807) is 13.8 Å². The standard InChI is InChI=1S/C26H44O9/c1-7-17(15-27)12-16(2)19-10-8-9-11-25(3,4)26(31)23(29)21(33-6)14-18(35-26)13-20(32-5)22(28)24(30)34-19/h8-9,12,17-23,27-29,31H,7,10-11,13-15H2,1-6H3/b9-8+,16-12+/t17-,18+,19?,20?,21+,22+,23+,26-/m1/s1. The van der Waals surface area contributed by atoms with Crippen LogP contribution in [0.4, 0.5) is 0 Å². The van der Waals surface area contributed by atoms with E-state index < -0.39 is 53.8 Å². The molecule has 2 bridgehead atoms. The van der Waals surface area contributed by atoms with Gasteiger partial charge >= 0.3 is 5.97 Å². The molecule has 0 aliphatic carbocycles. The van der Waals surface area contributed by atoms with Crippen LogP contribution in [0.15, 0.2) is 23.8 Å². The van der Waals surface area contributed by atoms with Gasteiger partial charge in [0, 0.05) is 51.4 Å². The lowest BCUT2D eigenvalue weighted by molar-refractivity contribution is -0.367. The summed E-state index contributed by atoms with van der Waals surface area (Å²) in [5.74, 6) is -2.83. The summed E-state index contributed by atoms with van der Waals surface area (Å²) in [6, 6.07) is 0. The van der Waals surface area contributed by atoms with E-state index in [2.05, 4.69) is 0 Å². The van der Waals surface area contributed by atoms with Crippen molar-refractivity contribution in [3.05, 3.63) is 23.8 Å². The normalized spacial score (nSPS) is 38.8. The smallest absolute Gasteiger partial charge is 0.338 e. The molecule has 0 radical (unpaired) electrons. The maximum absolute atomic E-state index is 12.9. The molecular weight excluding hydrogens is 456 g/mol. The fourth-order valence-electron chi connectivity index (χ4n) is 4.77. The highest BCUT2D eigenvalue weighted by molar-refractivity contribution is 5.75. The zero-order valence-corrected chi connectivity index (χ0v) is 21.8.